The quantitative estimate of drug-likeness (QED) is 0.564. The van der Waals surface area contributed by atoms with E-state index in [1.807, 2.05) is 4.99 Å². The first-order valence-electron chi connectivity index (χ1n) is 6.05. The van der Waals surface area contributed by atoms with E-state index in [4.69, 9.17) is 0 Å². The molecule has 5 heteroatoms. The summed E-state index contributed by atoms with van der Waals surface area (Å²) in [6, 6.07) is 6.98. The Hall–Kier alpha value is -0.940. The molecular formula is C14H13Br2NO2. The van der Waals surface area contributed by atoms with Crippen LogP contribution in [0, 0.1) is 0 Å². The molecule has 0 unspecified atom stereocenters. The van der Waals surface area contributed by atoms with E-state index in [0.717, 1.165) is 23.7 Å². The van der Waals surface area contributed by atoms with Crippen molar-refractivity contribution in [2.75, 3.05) is 6.54 Å². The number of carbonyl (C=O) groups is 2. The van der Waals surface area contributed by atoms with Gasteiger partial charge in [0.25, 0.3) is 11.8 Å². The zero-order valence-electron chi connectivity index (χ0n) is 10.2. The summed E-state index contributed by atoms with van der Waals surface area (Å²) in [6.07, 6.45) is 2.63. The van der Waals surface area contributed by atoms with E-state index in [-0.39, 0.29) is 11.8 Å². The van der Waals surface area contributed by atoms with Crippen LogP contribution in [-0.4, -0.2) is 23.3 Å². The van der Waals surface area contributed by atoms with Gasteiger partial charge in [-0.1, -0.05) is 44.0 Å². The first-order chi connectivity index (χ1) is 9.15. The molecule has 0 spiro atoms. The molecule has 1 aliphatic heterocycles. The standard InChI is InChI=1S/C14H13Br2NO2/c15-9-10(16)5-3-4-8-17-13(18)11-6-1-2-7-12(11)14(17)19/h1-2,6-7,9H,3-5,8H2/b10-9-. The summed E-state index contributed by atoms with van der Waals surface area (Å²) in [5, 5.41) is 0. The largest absolute Gasteiger partial charge is 0.274 e. The topological polar surface area (TPSA) is 37.4 Å². The zero-order chi connectivity index (χ0) is 13.8. The van der Waals surface area contributed by atoms with Gasteiger partial charge in [0.1, 0.15) is 0 Å². The van der Waals surface area contributed by atoms with Gasteiger partial charge in [0, 0.05) is 11.0 Å². The lowest BCUT2D eigenvalue weighted by atomic mass is 10.1. The van der Waals surface area contributed by atoms with Crippen molar-refractivity contribution >= 4 is 43.7 Å². The third kappa shape index (κ3) is 3.15. The second kappa shape index (κ2) is 6.48. The summed E-state index contributed by atoms with van der Waals surface area (Å²) < 4.78 is 1.08. The van der Waals surface area contributed by atoms with Crippen LogP contribution < -0.4 is 0 Å². The van der Waals surface area contributed by atoms with Crippen LogP contribution in [0.15, 0.2) is 33.7 Å². The number of imide groups is 1. The lowest BCUT2D eigenvalue weighted by molar-refractivity contribution is 0.0652. The number of amides is 2. The summed E-state index contributed by atoms with van der Waals surface area (Å²) in [7, 11) is 0. The highest BCUT2D eigenvalue weighted by molar-refractivity contribution is 9.14. The summed E-state index contributed by atoms with van der Waals surface area (Å²) in [4.78, 5) is 27.3. The number of halogens is 2. The number of unbranched alkanes of at least 4 members (excludes halogenated alkanes) is 1. The molecule has 0 atom stereocenters. The van der Waals surface area contributed by atoms with Gasteiger partial charge in [0.05, 0.1) is 11.1 Å². The third-order valence-corrected chi connectivity index (χ3v) is 4.84. The predicted molar refractivity (Wildman–Crippen MR) is 81.6 cm³/mol. The minimum atomic E-state index is -0.171. The van der Waals surface area contributed by atoms with Crippen molar-refractivity contribution in [1.29, 1.82) is 0 Å². The molecule has 3 nitrogen and oxygen atoms in total. The molecule has 2 rings (SSSR count). The van der Waals surface area contributed by atoms with Gasteiger partial charge in [-0.05, 0) is 36.4 Å². The first kappa shape index (κ1) is 14.5. The average Bonchev–Trinajstić information content (AvgIpc) is 2.68. The fraction of sp³-hybridized carbons (Fsp3) is 0.286. The second-order valence-electron chi connectivity index (χ2n) is 4.32. The summed E-state index contributed by atoms with van der Waals surface area (Å²) in [6.45, 7) is 0.481. The molecule has 0 bridgehead atoms. The van der Waals surface area contributed by atoms with E-state index in [9.17, 15) is 9.59 Å². The molecule has 100 valence electrons. The molecule has 19 heavy (non-hydrogen) atoms. The van der Waals surface area contributed by atoms with Gasteiger partial charge < -0.3 is 0 Å². The van der Waals surface area contributed by atoms with Gasteiger partial charge in [-0.3, -0.25) is 14.5 Å². The highest BCUT2D eigenvalue weighted by Gasteiger charge is 2.34. The molecule has 1 aliphatic rings. The van der Waals surface area contributed by atoms with Crippen molar-refractivity contribution in [3.8, 4) is 0 Å². The fourth-order valence-electron chi connectivity index (χ4n) is 2.06. The molecule has 1 heterocycles. The van der Waals surface area contributed by atoms with Crippen molar-refractivity contribution < 1.29 is 9.59 Å². The molecule has 1 aromatic rings. The molecule has 0 saturated carbocycles. The molecule has 1 aromatic carbocycles. The molecule has 0 fully saturated rings. The van der Waals surface area contributed by atoms with Crippen molar-refractivity contribution in [1.82, 2.24) is 4.90 Å². The predicted octanol–water partition coefficient (Wildman–Crippen LogP) is 4.08. The number of allylic oxidation sites excluding steroid dienone is 1. The van der Waals surface area contributed by atoms with Crippen molar-refractivity contribution in [3.05, 3.63) is 44.9 Å². The number of benzene rings is 1. The van der Waals surface area contributed by atoms with Crippen LogP contribution in [0.4, 0.5) is 0 Å². The van der Waals surface area contributed by atoms with Gasteiger partial charge in [-0.2, -0.15) is 0 Å². The van der Waals surface area contributed by atoms with Crippen molar-refractivity contribution in [2.45, 2.75) is 19.3 Å². The third-order valence-electron chi connectivity index (χ3n) is 3.04. The van der Waals surface area contributed by atoms with Crippen LogP contribution in [0.3, 0.4) is 0 Å². The number of hydrogen-bond donors (Lipinski definition) is 0. The van der Waals surface area contributed by atoms with E-state index in [2.05, 4.69) is 31.9 Å². The van der Waals surface area contributed by atoms with Gasteiger partial charge in [0.2, 0.25) is 0 Å². The van der Waals surface area contributed by atoms with Crippen LogP contribution in [-0.2, 0) is 0 Å². The van der Waals surface area contributed by atoms with E-state index >= 15 is 0 Å². The summed E-state index contributed by atoms with van der Waals surface area (Å²) >= 11 is 6.65. The molecule has 0 saturated heterocycles. The lowest BCUT2D eigenvalue weighted by Gasteiger charge is -2.13. The Balaban J connectivity index is 1.94. The Morgan fingerprint density at radius 3 is 2.21 bits per heavy atom. The molecule has 0 aromatic heterocycles. The maximum atomic E-state index is 12.1. The highest BCUT2D eigenvalue weighted by Crippen LogP contribution is 2.23. The summed E-state index contributed by atoms with van der Waals surface area (Å²) in [5.41, 5.74) is 1.04. The molecule has 2 amide bonds. The van der Waals surface area contributed by atoms with Gasteiger partial charge in [-0.25, -0.2) is 0 Å². The number of hydrogen-bond acceptors (Lipinski definition) is 2. The Bertz CT molecular complexity index is 505. The number of rotatable bonds is 5. The van der Waals surface area contributed by atoms with Crippen LogP contribution in [0.5, 0.6) is 0 Å². The molecule has 0 radical (unpaired) electrons. The van der Waals surface area contributed by atoms with Crippen molar-refractivity contribution in [3.63, 3.8) is 0 Å². The molecule has 0 N–H and O–H groups in total. The van der Waals surface area contributed by atoms with Gasteiger partial charge in [0.15, 0.2) is 0 Å². The zero-order valence-corrected chi connectivity index (χ0v) is 13.4. The van der Waals surface area contributed by atoms with E-state index in [1.54, 1.807) is 24.3 Å². The van der Waals surface area contributed by atoms with Crippen LogP contribution in [0.25, 0.3) is 0 Å². The smallest absolute Gasteiger partial charge is 0.261 e. The van der Waals surface area contributed by atoms with Crippen LogP contribution in [0.2, 0.25) is 0 Å². The maximum absolute atomic E-state index is 12.1. The van der Waals surface area contributed by atoms with E-state index in [1.165, 1.54) is 4.90 Å². The first-order valence-corrected chi connectivity index (χ1v) is 7.76. The molecule has 0 aliphatic carbocycles. The number of nitrogens with zero attached hydrogens (tertiary/aromatic N) is 1. The van der Waals surface area contributed by atoms with E-state index < -0.39 is 0 Å². The summed E-state index contributed by atoms with van der Waals surface area (Å²) in [5.74, 6) is -0.341. The normalized spacial score (nSPS) is 15.1. The number of carbonyl (C=O) groups excluding carboxylic acids is 2. The Labute approximate surface area is 128 Å². The van der Waals surface area contributed by atoms with Gasteiger partial charge >= 0.3 is 0 Å². The SMILES string of the molecule is O=C1c2ccccc2C(=O)N1CCCC/C(Br)=C/Br. The lowest BCUT2D eigenvalue weighted by Crippen LogP contribution is -2.30. The average molecular weight is 387 g/mol. The Morgan fingerprint density at radius 1 is 1.11 bits per heavy atom. The second-order valence-corrected chi connectivity index (χ2v) is 5.80. The minimum absolute atomic E-state index is 0.171. The number of fused-ring (bicyclic) bond motifs is 1. The monoisotopic (exact) mass is 385 g/mol. The minimum Gasteiger partial charge on any atom is -0.274 e. The molecular weight excluding hydrogens is 374 g/mol. The van der Waals surface area contributed by atoms with Crippen LogP contribution in [0.1, 0.15) is 40.0 Å². The van der Waals surface area contributed by atoms with Crippen molar-refractivity contribution in [2.24, 2.45) is 0 Å². The highest BCUT2D eigenvalue weighted by atomic mass is 79.9. The maximum Gasteiger partial charge on any atom is 0.261 e. The fourth-order valence-corrected chi connectivity index (χ4v) is 2.57. The van der Waals surface area contributed by atoms with Gasteiger partial charge in [-0.15, -0.1) is 0 Å². The van der Waals surface area contributed by atoms with Crippen LogP contribution >= 0.6 is 31.9 Å². The van der Waals surface area contributed by atoms with E-state index in [0.29, 0.717) is 17.7 Å². The Morgan fingerprint density at radius 2 is 1.68 bits per heavy atom. The Kier molecular flexibility index (Phi) is 4.93.